The predicted octanol–water partition coefficient (Wildman–Crippen LogP) is 3.59. The van der Waals surface area contributed by atoms with Gasteiger partial charge in [-0.2, -0.15) is 0 Å². The van der Waals surface area contributed by atoms with Crippen LogP contribution in [0.3, 0.4) is 0 Å². The number of hydrogen-bond acceptors (Lipinski definition) is 7. The van der Waals surface area contributed by atoms with Crippen LogP contribution in [0.4, 0.5) is 0 Å². The summed E-state index contributed by atoms with van der Waals surface area (Å²) in [5, 5.41) is 12.8. The summed E-state index contributed by atoms with van der Waals surface area (Å²) in [5.41, 5.74) is 2.23. The number of aromatic nitrogens is 3. The van der Waals surface area contributed by atoms with Gasteiger partial charge in [-0.25, -0.2) is 0 Å². The molecule has 0 N–H and O–H groups in total. The van der Waals surface area contributed by atoms with Gasteiger partial charge in [0.2, 0.25) is 11.8 Å². The van der Waals surface area contributed by atoms with Crippen molar-refractivity contribution in [2.45, 2.75) is 12.5 Å². The van der Waals surface area contributed by atoms with Crippen molar-refractivity contribution in [2.24, 2.45) is 0 Å². The van der Waals surface area contributed by atoms with Crippen molar-refractivity contribution >= 4 is 16.8 Å². The SMILES string of the molecule is COc1ccc(OC2CCN(C(=O)c3ccc4noc(-c5ccccc5)c4c3)C2)nn1. The summed E-state index contributed by atoms with van der Waals surface area (Å²) < 4.78 is 16.4. The molecule has 2 aromatic heterocycles. The molecule has 156 valence electrons. The summed E-state index contributed by atoms with van der Waals surface area (Å²) in [6, 6.07) is 18.6. The van der Waals surface area contributed by atoms with Crippen LogP contribution in [0.25, 0.3) is 22.2 Å². The van der Waals surface area contributed by atoms with Gasteiger partial charge < -0.3 is 18.9 Å². The highest BCUT2D eigenvalue weighted by Crippen LogP contribution is 2.30. The monoisotopic (exact) mass is 416 g/mol. The number of fused-ring (bicyclic) bond motifs is 1. The lowest BCUT2D eigenvalue weighted by atomic mass is 10.1. The first-order valence-electron chi connectivity index (χ1n) is 10.00. The number of nitrogens with zero attached hydrogens (tertiary/aromatic N) is 4. The standard InChI is InChI=1S/C23H20N4O4/c1-29-20-9-10-21(25-24-20)30-17-11-12-27(14-17)23(28)16-7-8-19-18(13-16)22(31-26-19)15-5-3-2-4-6-15/h2-10,13,17H,11-12,14H2,1H3. The number of likely N-dealkylation sites (tertiary alicyclic amines) is 1. The zero-order valence-corrected chi connectivity index (χ0v) is 16.9. The fourth-order valence-corrected chi connectivity index (χ4v) is 3.71. The molecule has 0 bridgehead atoms. The van der Waals surface area contributed by atoms with Gasteiger partial charge in [-0.3, -0.25) is 4.79 Å². The van der Waals surface area contributed by atoms with Gasteiger partial charge >= 0.3 is 0 Å². The molecule has 31 heavy (non-hydrogen) atoms. The number of hydrogen-bond donors (Lipinski definition) is 0. The van der Waals surface area contributed by atoms with Crippen LogP contribution in [0.5, 0.6) is 11.8 Å². The fraction of sp³-hybridized carbons (Fsp3) is 0.217. The lowest BCUT2D eigenvalue weighted by Crippen LogP contribution is -2.31. The highest BCUT2D eigenvalue weighted by atomic mass is 16.5. The molecule has 1 fully saturated rings. The van der Waals surface area contributed by atoms with E-state index in [1.54, 1.807) is 23.1 Å². The van der Waals surface area contributed by atoms with Crippen molar-refractivity contribution in [3.8, 4) is 23.1 Å². The molecule has 3 heterocycles. The summed E-state index contributed by atoms with van der Waals surface area (Å²) in [6.07, 6.45) is 0.593. The molecule has 1 aliphatic rings. The lowest BCUT2D eigenvalue weighted by Gasteiger charge is -2.17. The minimum atomic E-state index is -0.133. The van der Waals surface area contributed by atoms with E-state index in [4.69, 9.17) is 14.0 Å². The Morgan fingerprint density at radius 2 is 1.87 bits per heavy atom. The molecule has 8 heteroatoms. The number of benzene rings is 2. The molecular formula is C23H20N4O4. The first-order valence-corrected chi connectivity index (χ1v) is 10.00. The number of methoxy groups -OCH3 is 1. The summed E-state index contributed by atoms with van der Waals surface area (Å²) in [7, 11) is 1.53. The predicted molar refractivity (Wildman–Crippen MR) is 113 cm³/mol. The van der Waals surface area contributed by atoms with Crippen molar-refractivity contribution in [2.75, 3.05) is 20.2 Å². The highest BCUT2D eigenvalue weighted by molar-refractivity contribution is 6.01. The van der Waals surface area contributed by atoms with E-state index in [-0.39, 0.29) is 12.0 Å². The smallest absolute Gasteiger partial charge is 0.254 e. The Morgan fingerprint density at radius 3 is 2.65 bits per heavy atom. The van der Waals surface area contributed by atoms with Crippen molar-refractivity contribution in [1.29, 1.82) is 0 Å². The van der Waals surface area contributed by atoms with E-state index >= 15 is 0 Å². The van der Waals surface area contributed by atoms with Crippen LogP contribution in [-0.4, -0.2) is 52.5 Å². The van der Waals surface area contributed by atoms with Crippen molar-refractivity contribution in [1.82, 2.24) is 20.3 Å². The van der Waals surface area contributed by atoms with E-state index in [0.717, 1.165) is 22.9 Å². The summed E-state index contributed by atoms with van der Waals surface area (Å²) >= 11 is 0. The van der Waals surface area contributed by atoms with Crippen molar-refractivity contribution in [3.63, 3.8) is 0 Å². The minimum Gasteiger partial charge on any atom is -0.480 e. The highest BCUT2D eigenvalue weighted by Gasteiger charge is 2.29. The molecule has 0 aliphatic carbocycles. The zero-order chi connectivity index (χ0) is 21.2. The van der Waals surface area contributed by atoms with E-state index in [2.05, 4.69) is 15.4 Å². The molecule has 0 radical (unpaired) electrons. The van der Waals surface area contributed by atoms with Gasteiger partial charge in [0.1, 0.15) is 11.6 Å². The fourth-order valence-electron chi connectivity index (χ4n) is 3.71. The third-order valence-electron chi connectivity index (χ3n) is 5.30. The Hall–Kier alpha value is -3.94. The van der Waals surface area contributed by atoms with Gasteiger partial charge in [0.05, 0.1) is 19.0 Å². The molecule has 2 aromatic carbocycles. The van der Waals surface area contributed by atoms with Gasteiger partial charge in [0, 0.05) is 36.2 Å². The number of carbonyl (C=O) groups is 1. The maximum Gasteiger partial charge on any atom is 0.254 e. The maximum absolute atomic E-state index is 13.1. The molecule has 0 saturated carbocycles. The van der Waals surface area contributed by atoms with Crippen LogP contribution in [0, 0.1) is 0 Å². The molecule has 1 aliphatic heterocycles. The molecule has 5 rings (SSSR count). The van der Waals surface area contributed by atoms with Crippen LogP contribution >= 0.6 is 0 Å². The summed E-state index contributed by atoms with van der Waals surface area (Å²) in [5.74, 6) is 1.45. The molecule has 4 aromatic rings. The lowest BCUT2D eigenvalue weighted by molar-refractivity contribution is 0.0771. The Morgan fingerprint density at radius 1 is 1.06 bits per heavy atom. The van der Waals surface area contributed by atoms with Gasteiger partial charge in [-0.05, 0) is 18.2 Å². The normalized spacial score (nSPS) is 15.9. The van der Waals surface area contributed by atoms with E-state index in [1.807, 2.05) is 42.5 Å². The number of ether oxygens (including phenoxy) is 2. The molecule has 1 atom stereocenters. The third-order valence-corrected chi connectivity index (χ3v) is 5.30. The Bertz CT molecular complexity index is 1210. The van der Waals surface area contributed by atoms with Gasteiger partial charge in [-0.15, -0.1) is 10.2 Å². The molecule has 0 spiro atoms. The quantitative estimate of drug-likeness (QED) is 0.491. The van der Waals surface area contributed by atoms with Crippen LogP contribution < -0.4 is 9.47 Å². The van der Waals surface area contributed by atoms with Crippen LogP contribution in [0.15, 0.2) is 65.2 Å². The van der Waals surface area contributed by atoms with Crippen LogP contribution in [0.1, 0.15) is 16.8 Å². The van der Waals surface area contributed by atoms with E-state index in [0.29, 0.717) is 36.2 Å². The van der Waals surface area contributed by atoms with Gasteiger partial charge in [-0.1, -0.05) is 35.5 Å². The van der Waals surface area contributed by atoms with E-state index in [1.165, 1.54) is 7.11 Å². The molecule has 1 unspecified atom stereocenters. The second kappa shape index (κ2) is 8.06. The molecular weight excluding hydrogens is 396 g/mol. The van der Waals surface area contributed by atoms with Crippen molar-refractivity contribution in [3.05, 3.63) is 66.2 Å². The van der Waals surface area contributed by atoms with Crippen LogP contribution in [0.2, 0.25) is 0 Å². The number of rotatable bonds is 5. The minimum absolute atomic E-state index is 0.0472. The topological polar surface area (TPSA) is 90.6 Å². The number of carbonyl (C=O) groups excluding carboxylic acids is 1. The second-order valence-electron chi connectivity index (χ2n) is 7.30. The van der Waals surface area contributed by atoms with Crippen molar-refractivity contribution < 1.29 is 18.8 Å². The third kappa shape index (κ3) is 3.79. The zero-order valence-electron chi connectivity index (χ0n) is 16.9. The van der Waals surface area contributed by atoms with E-state index in [9.17, 15) is 4.79 Å². The molecule has 1 amide bonds. The largest absolute Gasteiger partial charge is 0.480 e. The maximum atomic E-state index is 13.1. The first-order chi connectivity index (χ1) is 15.2. The van der Waals surface area contributed by atoms with E-state index < -0.39 is 0 Å². The number of amides is 1. The first kappa shape index (κ1) is 19.0. The molecule has 8 nitrogen and oxygen atoms in total. The van der Waals surface area contributed by atoms with Gasteiger partial charge in [0.15, 0.2) is 5.76 Å². The summed E-state index contributed by atoms with van der Waals surface area (Å²) in [4.78, 5) is 14.9. The summed E-state index contributed by atoms with van der Waals surface area (Å²) in [6.45, 7) is 1.10. The van der Waals surface area contributed by atoms with Gasteiger partial charge in [0.25, 0.3) is 5.91 Å². The van der Waals surface area contributed by atoms with Crippen LogP contribution in [-0.2, 0) is 0 Å². The Kier molecular flexibility index (Phi) is 4.95. The Labute approximate surface area is 178 Å². The second-order valence-corrected chi connectivity index (χ2v) is 7.30. The molecule has 1 saturated heterocycles. The average molecular weight is 416 g/mol. The average Bonchev–Trinajstić information content (AvgIpc) is 3.46. The Balaban J connectivity index is 1.32.